The van der Waals surface area contributed by atoms with Crippen molar-refractivity contribution in [3.8, 4) is 0 Å². The van der Waals surface area contributed by atoms with Crippen molar-refractivity contribution in [1.82, 2.24) is 14.8 Å². The van der Waals surface area contributed by atoms with E-state index in [-0.39, 0.29) is 17.3 Å². The van der Waals surface area contributed by atoms with Crippen LogP contribution in [0.25, 0.3) is 17.0 Å². The topological polar surface area (TPSA) is 39.3 Å². The lowest BCUT2D eigenvalue weighted by Crippen LogP contribution is -2.58. The Kier molecular flexibility index (Phi) is 6.19. The van der Waals surface area contributed by atoms with Crippen molar-refractivity contribution >= 4 is 22.9 Å². The van der Waals surface area contributed by atoms with E-state index in [4.69, 9.17) is 0 Å². The van der Waals surface area contributed by atoms with Gasteiger partial charge in [0.2, 0.25) is 5.91 Å². The highest BCUT2D eigenvalue weighted by atomic mass is 19.1. The van der Waals surface area contributed by atoms with Gasteiger partial charge in [-0.1, -0.05) is 60.7 Å². The largest absolute Gasteiger partial charge is 0.356 e. The van der Waals surface area contributed by atoms with Crippen LogP contribution >= 0.6 is 0 Å². The highest BCUT2D eigenvalue weighted by molar-refractivity contribution is 5.93. The SMILES string of the molecule is CN(C)[C@]1(c2ccccc2)CC[C@]2(CC1)c1[nH]c3ccc(F)cc3c1CCN2C(=O)/C=C/c1ccccc1. The number of rotatable bonds is 4. The number of H-pyrrole nitrogens is 1. The molecule has 1 fully saturated rings. The Balaban J connectivity index is 1.43. The summed E-state index contributed by atoms with van der Waals surface area (Å²) < 4.78 is 14.3. The molecule has 1 aliphatic heterocycles. The standard InChI is InChI=1S/C33H34FN3O/c1-36(2)32(25-11-7-4-8-12-25)18-20-33(21-19-32)31-27(28-23-26(34)14-15-29(28)35-31)17-22-37(33)30(38)16-13-24-9-5-3-6-10-24/h3-16,23,35H,17-22H2,1-2H3/b16-13+/t32-,33+. The van der Waals surface area contributed by atoms with E-state index in [1.54, 1.807) is 12.1 Å². The number of fused-ring (bicyclic) bond motifs is 4. The molecule has 0 unspecified atom stereocenters. The average Bonchev–Trinajstić information content (AvgIpc) is 3.32. The zero-order chi connectivity index (χ0) is 26.3. The lowest BCUT2D eigenvalue weighted by Gasteiger charge is -2.55. The van der Waals surface area contributed by atoms with E-state index in [2.05, 4.69) is 59.2 Å². The maximum absolute atomic E-state index is 14.3. The van der Waals surface area contributed by atoms with E-state index in [1.165, 1.54) is 11.6 Å². The normalized spacial score (nSPS) is 23.4. The van der Waals surface area contributed by atoms with Gasteiger partial charge in [-0.15, -0.1) is 0 Å². The first-order valence-corrected chi connectivity index (χ1v) is 13.5. The second-order valence-electron chi connectivity index (χ2n) is 11.0. The van der Waals surface area contributed by atoms with Crippen LogP contribution in [0.3, 0.4) is 0 Å². The summed E-state index contributed by atoms with van der Waals surface area (Å²) in [4.78, 5) is 21.9. The Morgan fingerprint density at radius 1 is 0.947 bits per heavy atom. The summed E-state index contributed by atoms with van der Waals surface area (Å²) in [6, 6.07) is 25.7. The number of amides is 1. The molecule has 194 valence electrons. The molecular weight excluding hydrogens is 473 g/mol. The van der Waals surface area contributed by atoms with Crippen LogP contribution in [0.2, 0.25) is 0 Å². The second kappa shape index (κ2) is 9.55. The Bertz CT molecular complexity index is 1480. The van der Waals surface area contributed by atoms with Gasteiger partial charge in [0.1, 0.15) is 5.82 Å². The number of hydrogen-bond acceptors (Lipinski definition) is 2. The second-order valence-corrected chi connectivity index (χ2v) is 11.0. The minimum atomic E-state index is -0.463. The first-order chi connectivity index (χ1) is 18.4. The number of nitrogens with zero attached hydrogens (tertiary/aromatic N) is 2. The molecule has 0 saturated heterocycles. The highest BCUT2D eigenvalue weighted by Crippen LogP contribution is 2.53. The Hall–Kier alpha value is -3.70. The maximum Gasteiger partial charge on any atom is 0.247 e. The molecular formula is C33H34FN3O. The highest BCUT2D eigenvalue weighted by Gasteiger charge is 2.52. The first kappa shape index (κ1) is 24.6. The summed E-state index contributed by atoms with van der Waals surface area (Å²) in [7, 11) is 4.32. The van der Waals surface area contributed by atoms with Gasteiger partial charge in [-0.2, -0.15) is 0 Å². The molecule has 1 aliphatic carbocycles. The summed E-state index contributed by atoms with van der Waals surface area (Å²) >= 11 is 0. The number of aromatic nitrogens is 1. The third-order valence-electron chi connectivity index (χ3n) is 8.99. The lowest BCUT2D eigenvalue weighted by molar-refractivity contribution is -0.137. The number of benzene rings is 3. The average molecular weight is 508 g/mol. The van der Waals surface area contributed by atoms with Crippen molar-refractivity contribution in [2.45, 2.75) is 43.2 Å². The molecule has 6 rings (SSSR count). The number of aromatic amines is 1. The monoisotopic (exact) mass is 507 g/mol. The van der Waals surface area contributed by atoms with E-state index in [0.717, 1.165) is 53.4 Å². The van der Waals surface area contributed by atoms with Gasteiger partial charge in [0.05, 0.1) is 5.54 Å². The molecule has 1 N–H and O–H groups in total. The van der Waals surface area contributed by atoms with Gasteiger partial charge in [0, 0.05) is 34.8 Å². The summed E-state index contributed by atoms with van der Waals surface area (Å²) in [6.07, 6.45) is 7.82. The zero-order valence-corrected chi connectivity index (χ0v) is 22.1. The number of hydrogen-bond donors (Lipinski definition) is 1. The van der Waals surface area contributed by atoms with E-state index >= 15 is 0 Å². The number of halogens is 1. The third kappa shape index (κ3) is 3.97. The zero-order valence-electron chi connectivity index (χ0n) is 22.1. The fourth-order valence-corrected chi connectivity index (χ4v) is 6.93. The number of carbonyl (C=O) groups excluding carboxylic acids is 1. The Labute approximate surface area is 223 Å². The molecule has 4 nitrogen and oxygen atoms in total. The van der Waals surface area contributed by atoms with E-state index in [0.29, 0.717) is 13.0 Å². The van der Waals surface area contributed by atoms with Crippen molar-refractivity contribution in [1.29, 1.82) is 0 Å². The van der Waals surface area contributed by atoms with E-state index < -0.39 is 5.54 Å². The van der Waals surface area contributed by atoms with Crippen LogP contribution in [0.5, 0.6) is 0 Å². The van der Waals surface area contributed by atoms with Crippen LogP contribution in [0.4, 0.5) is 4.39 Å². The van der Waals surface area contributed by atoms with Crippen LogP contribution in [-0.2, 0) is 22.3 Å². The molecule has 5 heteroatoms. The molecule has 4 aromatic rings. The first-order valence-electron chi connectivity index (χ1n) is 13.5. The molecule has 0 bridgehead atoms. The molecule has 0 atom stereocenters. The van der Waals surface area contributed by atoms with Gasteiger partial charge in [0.25, 0.3) is 0 Å². The quantitative estimate of drug-likeness (QED) is 0.315. The molecule has 1 saturated carbocycles. The molecule has 1 amide bonds. The summed E-state index contributed by atoms with van der Waals surface area (Å²) in [5.74, 6) is -0.196. The predicted octanol–water partition coefficient (Wildman–Crippen LogP) is 6.63. The Morgan fingerprint density at radius 2 is 1.63 bits per heavy atom. The predicted molar refractivity (Wildman–Crippen MR) is 151 cm³/mol. The maximum atomic E-state index is 14.3. The minimum absolute atomic E-state index is 0.0291. The smallest absolute Gasteiger partial charge is 0.247 e. The molecule has 1 spiro atoms. The fraction of sp³-hybridized carbons (Fsp3) is 0.303. The van der Waals surface area contributed by atoms with Crippen molar-refractivity contribution in [2.75, 3.05) is 20.6 Å². The van der Waals surface area contributed by atoms with Crippen LogP contribution in [0.1, 0.15) is 48.1 Å². The number of nitrogens with one attached hydrogen (secondary N) is 1. The molecule has 38 heavy (non-hydrogen) atoms. The molecule has 3 aromatic carbocycles. The minimum Gasteiger partial charge on any atom is -0.356 e. The van der Waals surface area contributed by atoms with Gasteiger partial charge in [-0.25, -0.2) is 4.39 Å². The lowest BCUT2D eigenvalue weighted by atomic mass is 9.65. The van der Waals surface area contributed by atoms with Crippen LogP contribution in [-0.4, -0.2) is 41.3 Å². The molecule has 2 heterocycles. The molecule has 1 aromatic heterocycles. The van der Waals surface area contributed by atoms with Crippen molar-refractivity contribution in [3.63, 3.8) is 0 Å². The Morgan fingerprint density at radius 3 is 2.32 bits per heavy atom. The van der Waals surface area contributed by atoms with Crippen molar-refractivity contribution in [3.05, 3.63) is 113 Å². The van der Waals surface area contributed by atoms with Crippen LogP contribution in [0.15, 0.2) is 84.9 Å². The van der Waals surface area contributed by atoms with Gasteiger partial charge >= 0.3 is 0 Å². The van der Waals surface area contributed by atoms with Gasteiger partial charge < -0.3 is 9.88 Å². The molecule has 2 aliphatic rings. The molecule has 0 radical (unpaired) electrons. The summed E-state index contributed by atoms with van der Waals surface area (Å²) in [6.45, 7) is 0.620. The van der Waals surface area contributed by atoms with Gasteiger partial charge in [-0.3, -0.25) is 9.69 Å². The summed E-state index contributed by atoms with van der Waals surface area (Å²) in [5.41, 5.74) is 4.95. The van der Waals surface area contributed by atoms with Crippen molar-refractivity contribution in [2.24, 2.45) is 0 Å². The summed E-state index contributed by atoms with van der Waals surface area (Å²) in [5, 5.41) is 0.943. The van der Waals surface area contributed by atoms with Gasteiger partial charge in [-0.05, 0) is 87.2 Å². The van der Waals surface area contributed by atoms with Crippen LogP contribution in [0, 0.1) is 5.82 Å². The number of carbonyl (C=O) groups is 1. The van der Waals surface area contributed by atoms with E-state index in [9.17, 15) is 9.18 Å². The fourth-order valence-electron chi connectivity index (χ4n) is 6.93. The van der Waals surface area contributed by atoms with Crippen LogP contribution < -0.4 is 0 Å². The van der Waals surface area contributed by atoms with Crippen molar-refractivity contribution < 1.29 is 9.18 Å². The van der Waals surface area contributed by atoms with E-state index in [1.807, 2.05) is 42.5 Å². The third-order valence-corrected chi connectivity index (χ3v) is 8.99. The van der Waals surface area contributed by atoms with Gasteiger partial charge in [0.15, 0.2) is 0 Å².